The number of nitriles is 1. The lowest BCUT2D eigenvalue weighted by Gasteiger charge is -2.26. The van der Waals surface area contributed by atoms with Crippen LogP contribution in [0, 0.1) is 11.3 Å². The highest BCUT2D eigenvalue weighted by Gasteiger charge is 2.29. The summed E-state index contributed by atoms with van der Waals surface area (Å²) < 4.78 is 0.988. The summed E-state index contributed by atoms with van der Waals surface area (Å²) >= 11 is 5.14. The molecule has 1 N–H and O–H groups in total. The summed E-state index contributed by atoms with van der Waals surface area (Å²) in [7, 11) is 1.83. The fourth-order valence-corrected chi connectivity index (χ4v) is 3.63. The Morgan fingerprint density at radius 3 is 2.67 bits per heavy atom. The number of pyridine rings is 1. The third-order valence-corrected chi connectivity index (χ3v) is 5.23. The van der Waals surface area contributed by atoms with E-state index in [4.69, 9.17) is 0 Å². The molecule has 5 heteroatoms. The number of nitrogens with zero attached hydrogens (tertiary/aromatic N) is 2. The second kappa shape index (κ2) is 7.60. The first-order valence-corrected chi connectivity index (χ1v) is 8.39. The molecule has 2 aromatic rings. The molecule has 0 amide bonds. The van der Waals surface area contributed by atoms with Crippen molar-refractivity contribution in [1.29, 1.82) is 5.26 Å². The minimum absolute atomic E-state index is 0.657. The van der Waals surface area contributed by atoms with E-state index in [0.29, 0.717) is 6.42 Å². The Balaban J connectivity index is 2.08. The van der Waals surface area contributed by atoms with E-state index in [1.54, 1.807) is 18.0 Å². The maximum atomic E-state index is 9.64. The average molecular weight is 362 g/mol. The van der Waals surface area contributed by atoms with Crippen LogP contribution in [-0.4, -0.2) is 17.8 Å². The molecule has 1 aromatic carbocycles. The Morgan fingerprint density at radius 1 is 1.29 bits per heavy atom. The molecular weight excluding hydrogens is 346 g/mol. The lowest BCUT2D eigenvalue weighted by atomic mass is 9.89. The minimum atomic E-state index is -0.657. The van der Waals surface area contributed by atoms with E-state index in [9.17, 15) is 5.26 Å². The SMILES string of the molecule is CNC(C#N)(CCSc1ncccc1Br)c1ccccc1. The highest BCUT2D eigenvalue weighted by Crippen LogP contribution is 2.30. The molecule has 0 saturated carbocycles. The standard InChI is InChI=1S/C16H16BrN3S/c1-19-16(12-18,13-6-3-2-4-7-13)9-11-21-15-14(17)8-5-10-20-15/h2-8,10,19H,9,11H2,1H3. The van der Waals surface area contributed by atoms with Crippen molar-refractivity contribution in [3.8, 4) is 6.07 Å². The van der Waals surface area contributed by atoms with Crippen LogP contribution in [0.1, 0.15) is 12.0 Å². The highest BCUT2D eigenvalue weighted by atomic mass is 79.9. The Kier molecular flexibility index (Phi) is 5.80. The van der Waals surface area contributed by atoms with Crippen molar-refractivity contribution >= 4 is 27.7 Å². The molecule has 0 saturated heterocycles. The summed E-state index contributed by atoms with van der Waals surface area (Å²) in [6, 6.07) is 16.1. The van der Waals surface area contributed by atoms with Gasteiger partial charge in [0.2, 0.25) is 0 Å². The van der Waals surface area contributed by atoms with Gasteiger partial charge in [0.15, 0.2) is 0 Å². The zero-order valence-corrected chi connectivity index (χ0v) is 14.1. The van der Waals surface area contributed by atoms with E-state index < -0.39 is 5.54 Å². The molecule has 0 aliphatic rings. The van der Waals surface area contributed by atoms with Crippen LogP contribution in [0.15, 0.2) is 58.2 Å². The number of rotatable bonds is 6. The highest BCUT2D eigenvalue weighted by molar-refractivity contribution is 9.10. The number of hydrogen-bond donors (Lipinski definition) is 1. The zero-order chi connectivity index (χ0) is 15.1. The summed E-state index contributed by atoms with van der Waals surface area (Å²) in [6.07, 6.45) is 2.48. The fraction of sp³-hybridized carbons (Fsp3) is 0.250. The molecule has 1 unspecified atom stereocenters. The van der Waals surface area contributed by atoms with Crippen molar-refractivity contribution in [1.82, 2.24) is 10.3 Å². The molecule has 0 spiro atoms. The Bertz CT molecular complexity index is 627. The van der Waals surface area contributed by atoms with Crippen molar-refractivity contribution in [3.05, 3.63) is 58.7 Å². The van der Waals surface area contributed by atoms with E-state index in [-0.39, 0.29) is 0 Å². The normalized spacial score (nSPS) is 13.4. The van der Waals surface area contributed by atoms with Gasteiger partial charge in [-0.2, -0.15) is 5.26 Å². The molecule has 21 heavy (non-hydrogen) atoms. The maximum Gasteiger partial charge on any atom is 0.132 e. The number of hydrogen-bond acceptors (Lipinski definition) is 4. The summed E-state index contributed by atoms with van der Waals surface area (Å²) in [6.45, 7) is 0. The van der Waals surface area contributed by atoms with Gasteiger partial charge < -0.3 is 0 Å². The van der Waals surface area contributed by atoms with Crippen LogP contribution in [0.5, 0.6) is 0 Å². The van der Waals surface area contributed by atoms with Crippen molar-refractivity contribution in [2.45, 2.75) is 17.0 Å². The van der Waals surface area contributed by atoms with Gasteiger partial charge in [-0.25, -0.2) is 4.98 Å². The lowest BCUT2D eigenvalue weighted by Crippen LogP contribution is -2.39. The van der Waals surface area contributed by atoms with Gasteiger partial charge in [-0.1, -0.05) is 30.3 Å². The van der Waals surface area contributed by atoms with E-state index >= 15 is 0 Å². The largest absolute Gasteiger partial charge is 0.299 e. The number of aromatic nitrogens is 1. The fourth-order valence-electron chi connectivity index (χ4n) is 2.09. The van der Waals surface area contributed by atoms with Crippen LogP contribution >= 0.6 is 27.7 Å². The molecule has 1 atom stereocenters. The van der Waals surface area contributed by atoms with Crippen LogP contribution in [0.25, 0.3) is 0 Å². The van der Waals surface area contributed by atoms with E-state index in [0.717, 1.165) is 20.8 Å². The molecule has 2 rings (SSSR count). The topological polar surface area (TPSA) is 48.7 Å². The van der Waals surface area contributed by atoms with Gasteiger partial charge in [0.1, 0.15) is 10.6 Å². The Labute approximate surface area is 137 Å². The smallest absolute Gasteiger partial charge is 0.132 e. The first-order valence-electron chi connectivity index (χ1n) is 6.61. The Hall–Kier alpha value is -1.35. The van der Waals surface area contributed by atoms with Gasteiger partial charge >= 0.3 is 0 Å². The molecule has 0 aliphatic carbocycles. The van der Waals surface area contributed by atoms with Crippen LogP contribution in [0.2, 0.25) is 0 Å². The van der Waals surface area contributed by atoms with Crippen molar-refractivity contribution in [3.63, 3.8) is 0 Å². The quantitative estimate of drug-likeness (QED) is 0.790. The predicted molar refractivity (Wildman–Crippen MR) is 90.1 cm³/mol. The second-order valence-electron chi connectivity index (χ2n) is 4.52. The summed E-state index contributed by atoms with van der Waals surface area (Å²) in [5.41, 5.74) is 0.339. The third kappa shape index (κ3) is 3.85. The van der Waals surface area contributed by atoms with E-state index in [1.807, 2.05) is 49.5 Å². The van der Waals surface area contributed by atoms with E-state index in [2.05, 4.69) is 32.3 Å². The van der Waals surface area contributed by atoms with Gasteiger partial charge in [-0.05, 0) is 47.1 Å². The minimum Gasteiger partial charge on any atom is -0.299 e. The molecule has 0 fully saturated rings. The molecule has 0 bridgehead atoms. The number of halogens is 1. The summed E-state index contributed by atoms with van der Waals surface area (Å²) in [5.74, 6) is 0.804. The first-order chi connectivity index (χ1) is 10.2. The molecular formula is C16H16BrN3S. The number of thioether (sulfide) groups is 1. The number of nitrogens with one attached hydrogen (secondary N) is 1. The second-order valence-corrected chi connectivity index (χ2v) is 6.46. The van der Waals surface area contributed by atoms with Crippen LogP contribution < -0.4 is 5.32 Å². The van der Waals surface area contributed by atoms with Crippen molar-refractivity contribution in [2.24, 2.45) is 0 Å². The van der Waals surface area contributed by atoms with Gasteiger partial charge in [0.25, 0.3) is 0 Å². The van der Waals surface area contributed by atoms with Gasteiger partial charge in [-0.3, -0.25) is 5.32 Å². The molecule has 1 heterocycles. The van der Waals surface area contributed by atoms with Gasteiger partial charge in [-0.15, -0.1) is 11.8 Å². The molecule has 108 valence electrons. The third-order valence-electron chi connectivity index (χ3n) is 3.32. The molecule has 0 aliphatic heterocycles. The van der Waals surface area contributed by atoms with Gasteiger partial charge in [0.05, 0.1) is 6.07 Å². The first kappa shape index (κ1) is 16.0. The van der Waals surface area contributed by atoms with Gasteiger partial charge in [0, 0.05) is 16.4 Å². The molecule has 3 nitrogen and oxygen atoms in total. The Morgan fingerprint density at radius 2 is 2.05 bits per heavy atom. The lowest BCUT2D eigenvalue weighted by molar-refractivity contribution is 0.457. The monoisotopic (exact) mass is 361 g/mol. The molecule has 1 aromatic heterocycles. The average Bonchev–Trinajstić information content (AvgIpc) is 2.54. The van der Waals surface area contributed by atoms with E-state index in [1.165, 1.54) is 0 Å². The van der Waals surface area contributed by atoms with Crippen LogP contribution in [-0.2, 0) is 5.54 Å². The summed E-state index contributed by atoms with van der Waals surface area (Å²) in [5, 5.41) is 13.8. The summed E-state index contributed by atoms with van der Waals surface area (Å²) in [4.78, 5) is 4.34. The van der Waals surface area contributed by atoms with Crippen LogP contribution in [0.3, 0.4) is 0 Å². The molecule has 0 radical (unpaired) electrons. The zero-order valence-electron chi connectivity index (χ0n) is 11.7. The van der Waals surface area contributed by atoms with Crippen molar-refractivity contribution < 1.29 is 0 Å². The maximum absolute atomic E-state index is 9.64. The van der Waals surface area contributed by atoms with Crippen molar-refractivity contribution in [2.75, 3.05) is 12.8 Å². The van der Waals surface area contributed by atoms with Crippen LogP contribution in [0.4, 0.5) is 0 Å². The number of benzene rings is 1. The predicted octanol–water partition coefficient (Wildman–Crippen LogP) is 3.96.